The van der Waals surface area contributed by atoms with Crippen LogP contribution < -0.4 is 10.5 Å². The van der Waals surface area contributed by atoms with Crippen molar-refractivity contribution >= 4 is 0 Å². The van der Waals surface area contributed by atoms with Crippen molar-refractivity contribution in [3.8, 4) is 5.88 Å². The molecule has 1 aliphatic rings. The van der Waals surface area contributed by atoms with Crippen molar-refractivity contribution in [2.75, 3.05) is 20.7 Å². The van der Waals surface area contributed by atoms with Gasteiger partial charge in [-0.2, -0.15) is 0 Å². The summed E-state index contributed by atoms with van der Waals surface area (Å²) >= 11 is 0. The average molecular weight is 249 g/mol. The van der Waals surface area contributed by atoms with E-state index < -0.39 is 0 Å². The van der Waals surface area contributed by atoms with Gasteiger partial charge >= 0.3 is 0 Å². The Labute approximate surface area is 109 Å². The number of ether oxygens (including phenoxy) is 1. The van der Waals surface area contributed by atoms with Gasteiger partial charge in [0.15, 0.2) is 0 Å². The first-order valence-electron chi connectivity index (χ1n) is 6.61. The van der Waals surface area contributed by atoms with Crippen LogP contribution in [-0.2, 0) is 6.54 Å². The molecule has 1 fully saturated rings. The fraction of sp³-hybridized carbons (Fsp3) is 0.643. The van der Waals surface area contributed by atoms with Gasteiger partial charge in [-0.3, -0.25) is 4.90 Å². The van der Waals surface area contributed by atoms with Crippen LogP contribution in [0.2, 0.25) is 0 Å². The molecule has 0 bridgehead atoms. The first-order valence-corrected chi connectivity index (χ1v) is 6.61. The quantitative estimate of drug-likeness (QED) is 0.864. The minimum Gasteiger partial charge on any atom is -0.481 e. The number of pyridine rings is 1. The summed E-state index contributed by atoms with van der Waals surface area (Å²) in [5, 5.41) is 0. The highest BCUT2D eigenvalue weighted by molar-refractivity contribution is 5.25. The van der Waals surface area contributed by atoms with Crippen LogP contribution in [0.4, 0.5) is 0 Å². The second-order valence-corrected chi connectivity index (χ2v) is 5.16. The molecule has 1 aromatic rings. The van der Waals surface area contributed by atoms with Crippen LogP contribution in [0.3, 0.4) is 0 Å². The molecular formula is C14H23N3O. The van der Waals surface area contributed by atoms with Gasteiger partial charge in [0.2, 0.25) is 5.88 Å². The van der Waals surface area contributed by atoms with Gasteiger partial charge in [-0.15, -0.1) is 0 Å². The molecule has 1 aliphatic carbocycles. The summed E-state index contributed by atoms with van der Waals surface area (Å²) in [4.78, 5) is 6.62. The number of hydrogen-bond acceptors (Lipinski definition) is 4. The fourth-order valence-corrected chi connectivity index (χ4v) is 2.93. The van der Waals surface area contributed by atoms with Crippen molar-refractivity contribution < 1.29 is 4.74 Å². The third-order valence-electron chi connectivity index (χ3n) is 4.17. The van der Waals surface area contributed by atoms with Crippen molar-refractivity contribution in [1.29, 1.82) is 0 Å². The number of likely N-dealkylation sites (N-methyl/N-ethyl adjacent to an activating group) is 1. The third-order valence-corrected chi connectivity index (χ3v) is 4.17. The van der Waals surface area contributed by atoms with Crippen LogP contribution in [0.5, 0.6) is 5.88 Å². The molecule has 0 amide bonds. The molecule has 2 N–H and O–H groups in total. The summed E-state index contributed by atoms with van der Waals surface area (Å²) < 4.78 is 5.31. The maximum Gasteiger partial charge on any atom is 0.217 e. The highest BCUT2D eigenvalue weighted by atomic mass is 16.5. The molecule has 1 saturated carbocycles. The molecule has 0 unspecified atom stereocenters. The van der Waals surface area contributed by atoms with Crippen molar-refractivity contribution in [2.24, 2.45) is 5.73 Å². The van der Waals surface area contributed by atoms with Crippen LogP contribution in [0.1, 0.15) is 31.2 Å². The summed E-state index contributed by atoms with van der Waals surface area (Å²) in [6.45, 7) is 1.57. The Balaban J connectivity index is 2.12. The third kappa shape index (κ3) is 2.49. The van der Waals surface area contributed by atoms with Gasteiger partial charge in [0.25, 0.3) is 0 Å². The Morgan fingerprint density at radius 2 is 2.17 bits per heavy atom. The lowest BCUT2D eigenvalue weighted by Gasteiger charge is -2.38. The molecule has 0 saturated heterocycles. The lowest BCUT2D eigenvalue weighted by atomic mass is 9.95. The summed E-state index contributed by atoms with van der Waals surface area (Å²) in [5.41, 5.74) is 7.30. The predicted molar refractivity (Wildman–Crippen MR) is 72.5 cm³/mol. The van der Waals surface area contributed by atoms with Crippen molar-refractivity contribution in [3.05, 3.63) is 23.9 Å². The van der Waals surface area contributed by atoms with Gasteiger partial charge in [-0.25, -0.2) is 4.98 Å². The highest BCUT2D eigenvalue weighted by Crippen LogP contribution is 2.35. The molecule has 18 heavy (non-hydrogen) atoms. The molecule has 0 aliphatic heterocycles. The van der Waals surface area contributed by atoms with E-state index in [1.54, 1.807) is 13.3 Å². The first kappa shape index (κ1) is 13.3. The zero-order valence-corrected chi connectivity index (χ0v) is 11.4. The van der Waals surface area contributed by atoms with E-state index in [0.717, 1.165) is 24.5 Å². The van der Waals surface area contributed by atoms with Crippen LogP contribution in [0.15, 0.2) is 18.3 Å². The number of hydrogen-bond donors (Lipinski definition) is 1. The van der Waals surface area contributed by atoms with E-state index in [0.29, 0.717) is 0 Å². The van der Waals surface area contributed by atoms with Crippen molar-refractivity contribution in [1.82, 2.24) is 9.88 Å². The summed E-state index contributed by atoms with van der Waals surface area (Å²) in [7, 11) is 3.82. The average Bonchev–Trinajstić information content (AvgIpc) is 2.89. The summed E-state index contributed by atoms with van der Waals surface area (Å²) in [5.74, 6) is 0.717. The Hall–Kier alpha value is -1.13. The van der Waals surface area contributed by atoms with Crippen molar-refractivity contribution in [3.63, 3.8) is 0 Å². The number of nitrogens with zero attached hydrogens (tertiary/aromatic N) is 2. The number of methoxy groups -OCH3 is 1. The van der Waals surface area contributed by atoms with Gasteiger partial charge in [-0.05, 0) is 26.0 Å². The van der Waals surface area contributed by atoms with E-state index in [4.69, 9.17) is 10.5 Å². The number of rotatable bonds is 5. The molecule has 1 aromatic heterocycles. The van der Waals surface area contributed by atoms with Crippen LogP contribution in [-0.4, -0.2) is 36.1 Å². The Kier molecular flexibility index (Phi) is 4.19. The molecule has 4 heteroatoms. The molecule has 1 heterocycles. The second kappa shape index (κ2) is 5.67. The first-order chi connectivity index (χ1) is 8.72. The maximum absolute atomic E-state index is 6.01. The van der Waals surface area contributed by atoms with Crippen molar-refractivity contribution in [2.45, 2.75) is 37.8 Å². The van der Waals surface area contributed by atoms with E-state index in [1.165, 1.54) is 25.7 Å². The molecule has 0 aromatic carbocycles. The van der Waals surface area contributed by atoms with E-state index in [2.05, 4.69) is 23.0 Å². The number of aromatic nitrogens is 1. The monoisotopic (exact) mass is 249 g/mol. The summed E-state index contributed by atoms with van der Waals surface area (Å²) in [6, 6.07) is 4.02. The molecule has 4 nitrogen and oxygen atoms in total. The lowest BCUT2D eigenvalue weighted by Crippen LogP contribution is -2.49. The van der Waals surface area contributed by atoms with Gasteiger partial charge in [0.05, 0.1) is 7.11 Å². The van der Waals surface area contributed by atoms with E-state index in [1.807, 2.05) is 6.07 Å². The molecule has 100 valence electrons. The SMILES string of the molecule is COc1ncccc1CN(C)C1(CN)CCCC1. The van der Waals surface area contributed by atoms with Gasteiger partial charge in [-0.1, -0.05) is 18.9 Å². The molecule has 0 spiro atoms. The predicted octanol–water partition coefficient (Wildman–Crippen LogP) is 1.79. The van der Waals surface area contributed by atoms with E-state index in [-0.39, 0.29) is 5.54 Å². The Morgan fingerprint density at radius 1 is 1.44 bits per heavy atom. The Bertz CT molecular complexity index is 388. The van der Waals surface area contributed by atoms with E-state index >= 15 is 0 Å². The van der Waals surface area contributed by atoms with Crippen LogP contribution in [0, 0.1) is 0 Å². The maximum atomic E-state index is 6.01. The summed E-state index contributed by atoms with van der Waals surface area (Å²) in [6.07, 6.45) is 6.72. The van der Waals surface area contributed by atoms with Gasteiger partial charge in [0, 0.05) is 30.4 Å². The molecule has 0 radical (unpaired) electrons. The van der Waals surface area contributed by atoms with Crippen LogP contribution in [0.25, 0.3) is 0 Å². The minimum atomic E-state index is 0.168. The zero-order valence-electron chi connectivity index (χ0n) is 11.4. The van der Waals surface area contributed by atoms with Crippen LogP contribution >= 0.6 is 0 Å². The molecule has 0 atom stereocenters. The molecule has 2 rings (SSSR count). The molecular weight excluding hydrogens is 226 g/mol. The van der Waals surface area contributed by atoms with Gasteiger partial charge < -0.3 is 10.5 Å². The zero-order chi connectivity index (χ0) is 13.0. The standard InChI is InChI=1S/C14H23N3O/c1-17(14(11-15)7-3-4-8-14)10-12-6-5-9-16-13(12)18-2/h5-6,9H,3-4,7-8,10-11,15H2,1-2H3. The topological polar surface area (TPSA) is 51.4 Å². The normalized spacial score (nSPS) is 18.2. The minimum absolute atomic E-state index is 0.168. The largest absolute Gasteiger partial charge is 0.481 e. The fourth-order valence-electron chi connectivity index (χ4n) is 2.93. The smallest absolute Gasteiger partial charge is 0.217 e. The Morgan fingerprint density at radius 3 is 2.78 bits per heavy atom. The van der Waals surface area contributed by atoms with Gasteiger partial charge in [0.1, 0.15) is 0 Å². The van der Waals surface area contributed by atoms with E-state index in [9.17, 15) is 0 Å². The second-order valence-electron chi connectivity index (χ2n) is 5.16. The number of nitrogens with two attached hydrogens (primary N) is 1. The highest BCUT2D eigenvalue weighted by Gasteiger charge is 2.36. The lowest BCUT2D eigenvalue weighted by molar-refractivity contribution is 0.122.